The Morgan fingerprint density at radius 1 is 1.36 bits per heavy atom. The summed E-state index contributed by atoms with van der Waals surface area (Å²) < 4.78 is 13.2. The number of halogens is 3. The van der Waals surface area contributed by atoms with Crippen molar-refractivity contribution >= 4 is 23.2 Å². The average molecular weight is 234 g/mol. The molecule has 1 heterocycles. The molecule has 0 radical (unpaired) electrons. The van der Waals surface area contributed by atoms with Gasteiger partial charge in [-0.2, -0.15) is 0 Å². The molecule has 0 amide bonds. The predicted octanol–water partition coefficient (Wildman–Crippen LogP) is 3.56. The Labute approximate surface area is 92.2 Å². The van der Waals surface area contributed by atoms with Gasteiger partial charge in [-0.3, -0.25) is 0 Å². The highest BCUT2D eigenvalue weighted by Crippen LogP contribution is 2.35. The zero-order chi connectivity index (χ0) is 10.1. The lowest BCUT2D eigenvalue weighted by molar-refractivity contribution is 0.607. The molecule has 1 nitrogen and oxygen atoms in total. The van der Waals surface area contributed by atoms with E-state index >= 15 is 0 Å². The SMILES string of the molecule is Fc1ccc(Cl)c(C2CCCN2)c1Cl. The molecule has 0 aromatic heterocycles. The van der Waals surface area contributed by atoms with Gasteiger partial charge in [-0.1, -0.05) is 23.2 Å². The highest BCUT2D eigenvalue weighted by molar-refractivity contribution is 6.36. The van der Waals surface area contributed by atoms with Crippen LogP contribution in [0.1, 0.15) is 24.4 Å². The standard InChI is InChI=1S/C10H10Cl2FN/c11-6-3-4-7(13)10(12)9(6)8-2-1-5-14-8/h3-4,8,14H,1-2,5H2. The van der Waals surface area contributed by atoms with E-state index in [2.05, 4.69) is 5.32 Å². The number of rotatable bonds is 1. The van der Waals surface area contributed by atoms with Crippen LogP contribution in [0.5, 0.6) is 0 Å². The molecule has 1 N–H and O–H groups in total. The summed E-state index contributed by atoms with van der Waals surface area (Å²) in [5.74, 6) is -0.403. The monoisotopic (exact) mass is 233 g/mol. The van der Waals surface area contributed by atoms with Crippen LogP contribution in [0.3, 0.4) is 0 Å². The van der Waals surface area contributed by atoms with Gasteiger partial charge in [0.1, 0.15) is 5.82 Å². The second kappa shape index (κ2) is 4.05. The van der Waals surface area contributed by atoms with Gasteiger partial charge >= 0.3 is 0 Å². The predicted molar refractivity (Wildman–Crippen MR) is 56.4 cm³/mol. The Kier molecular flexibility index (Phi) is 2.96. The average Bonchev–Trinajstić information content (AvgIpc) is 2.65. The minimum Gasteiger partial charge on any atom is -0.310 e. The fraction of sp³-hybridized carbons (Fsp3) is 0.400. The van der Waals surface area contributed by atoms with Crippen LogP contribution in [0.15, 0.2) is 12.1 Å². The molecule has 1 aromatic carbocycles. The van der Waals surface area contributed by atoms with E-state index in [-0.39, 0.29) is 11.1 Å². The minimum atomic E-state index is -0.403. The van der Waals surface area contributed by atoms with Gasteiger partial charge < -0.3 is 5.32 Å². The zero-order valence-corrected chi connectivity index (χ0v) is 9.00. The highest BCUT2D eigenvalue weighted by atomic mass is 35.5. The quantitative estimate of drug-likeness (QED) is 0.732. The van der Waals surface area contributed by atoms with Gasteiger partial charge in [-0.05, 0) is 31.5 Å². The van der Waals surface area contributed by atoms with E-state index in [1.54, 1.807) is 6.07 Å². The third-order valence-corrected chi connectivity index (χ3v) is 3.20. The van der Waals surface area contributed by atoms with Crippen LogP contribution in [-0.2, 0) is 0 Å². The first-order chi connectivity index (χ1) is 6.70. The van der Waals surface area contributed by atoms with Gasteiger partial charge in [-0.25, -0.2) is 4.39 Å². The van der Waals surface area contributed by atoms with Crippen molar-refractivity contribution in [3.63, 3.8) is 0 Å². The Balaban J connectivity index is 2.44. The first-order valence-electron chi connectivity index (χ1n) is 4.57. The summed E-state index contributed by atoms with van der Waals surface area (Å²) in [4.78, 5) is 0. The van der Waals surface area contributed by atoms with Crippen molar-refractivity contribution in [3.8, 4) is 0 Å². The molecule has 1 aliphatic rings. The van der Waals surface area contributed by atoms with Crippen molar-refractivity contribution < 1.29 is 4.39 Å². The number of nitrogens with one attached hydrogen (secondary N) is 1. The molecule has 2 rings (SSSR count). The van der Waals surface area contributed by atoms with Crippen LogP contribution in [-0.4, -0.2) is 6.54 Å². The topological polar surface area (TPSA) is 12.0 Å². The van der Waals surface area contributed by atoms with E-state index in [0.717, 1.165) is 19.4 Å². The number of hydrogen-bond acceptors (Lipinski definition) is 1. The normalized spacial score (nSPS) is 21.5. The Morgan fingerprint density at radius 2 is 2.14 bits per heavy atom. The summed E-state index contributed by atoms with van der Waals surface area (Å²) in [7, 11) is 0. The Hall–Kier alpha value is -0.310. The molecule has 1 aliphatic heterocycles. The summed E-state index contributed by atoms with van der Waals surface area (Å²) in [6.07, 6.45) is 2.04. The number of benzene rings is 1. The Bertz CT molecular complexity index is 348. The summed E-state index contributed by atoms with van der Waals surface area (Å²) in [6.45, 7) is 0.938. The van der Waals surface area contributed by atoms with Gasteiger partial charge in [0.2, 0.25) is 0 Å². The van der Waals surface area contributed by atoms with Crippen molar-refractivity contribution in [2.24, 2.45) is 0 Å². The van der Waals surface area contributed by atoms with Crippen LogP contribution in [0.2, 0.25) is 10.0 Å². The molecule has 1 aromatic rings. The van der Waals surface area contributed by atoms with Crippen LogP contribution < -0.4 is 5.32 Å². The first kappa shape index (κ1) is 10.2. The smallest absolute Gasteiger partial charge is 0.142 e. The second-order valence-electron chi connectivity index (χ2n) is 3.41. The maximum atomic E-state index is 13.2. The van der Waals surface area contributed by atoms with Crippen molar-refractivity contribution in [3.05, 3.63) is 33.6 Å². The van der Waals surface area contributed by atoms with E-state index in [4.69, 9.17) is 23.2 Å². The fourth-order valence-corrected chi connectivity index (χ4v) is 2.43. The van der Waals surface area contributed by atoms with Crippen LogP contribution >= 0.6 is 23.2 Å². The Morgan fingerprint density at radius 3 is 2.79 bits per heavy atom. The maximum absolute atomic E-state index is 13.2. The van der Waals surface area contributed by atoms with E-state index in [9.17, 15) is 4.39 Å². The van der Waals surface area contributed by atoms with E-state index in [1.807, 2.05) is 0 Å². The lowest BCUT2D eigenvalue weighted by Crippen LogP contribution is -2.14. The summed E-state index contributed by atoms with van der Waals surface area (Å²) in [6, 6.07) is 2.95. The van der Waals surface area contributed by atoms with Crippen molar-refractivity contribution in [2.45, 2.75) is 18.9 Å². The zero-order valence-electron chi connectivity index (χ0n) is 7.49. The van der Waals surface area contributed by atoms with E-state index in [1.165, 1.54) is 6.07 Å². The van der Waals surface area contributed by atoms with Crippen molar-refractivity contribution in [2.75, 3.05) is 6.54 Å². The largest absolute Gasteiger partial charge is 0.310 e. The van der Waals surface area contributed by atoms with Crippen molar-refractivity contribution in [1.82, 2.24) is 5.32 Å². The van der Waals surface area contributed by atoms with Crippen LogP contribution in [0, 0.1) is 5.82 Å². The second-order valence-corrected chi connectivity index (χ2v) is 4.19. The molecule has 1 atom stereocenters. The lowest BCUT2D eigenvalue weighted by atomic mass is 10.1. The molecule has 1 saturated heterocycles. The summed E-state index contributed by atoms with van der Waals surface area (Å²) in [5, 5.41) is 3.93. The molecule has 0 aliphatic carbocycles. The highest BCUT2D eigenvalue weighted by Gasteiger charge is 2.22. The van der Waals surface area contributed by atoms with Gasteiger partial charge in [0, 0.05) is 16.6 Å². The third-order valence-electron chi connectivity index (χ3n) is 2.49. The van der Waals surface area contributed by atoms with Gasteiger partial charge in [0.05, 0.1) is 5.02 Å². The summed E-state index contributed by atoms with van der Waals surface area (Å²) >= 11 is 11.9. The molecular formula is C10H10Cl2FN. The maximum Gasteiger partial charge on any atom is 0.142 e. The van der Waals surface area contributed by atoms with E-state index in [0.29, 0.717) is 10.6 Å². The molecule has 0 spiro atoms. The van der Waals surface area contributed by atoms with Gasteiger partial charge in [-0.15, -0.1) is 0 Å². The molecular weight excluding hydrogens is 224 g/mol. The molecule has 1 unspecified atom stereocenters. The van der Waals surface area contributed by atoms with Crippen molar-refractivity contribution in [1.29, 1.82) is 0 Å². The van der Waals surface area contributed by atoms with Gasteiger partial charge in [0.25, 0.3) is 0 Å². The molecule has 14 heavy (non-hydrogen) atoms. The molecule has 4 heteroatoms. The fourth-order valence-electron chi connectivity index (χ4n) is 1.79. The minimum absolute atomic E-state index is 0.102. The van der Waals surface area contributed by atoms with Crippen LogP contribution in [0.25, 0.3) is 0 Å². The molecule has 76 valence electrons. The molecule has 0 saturated carbocycles. The third kappa shape index (κ3) is 1.74. The molecule has 1 fully saturated rings. The van der Waals surface area contributed by atoms with Gasteiger partial charge in [0.15, 0.2) is 0 Å². The number of hydrogen-bond donors (Lipinski definition) is 1. The first-order valence-corrected chi connectivity index (χ1v) is 5.32. The summed E-state index contributed by atoms with van der Waals surface area (Å²) in [5.41, 5.74) is 0.700. The van der Waals surface area contributed by atoms with Crippen LogP contribution in [0.4, 0.5) is 4.39 Å². The lowest BCUT2D eigenvalue weighted by Gasteiger charge is -2.14. The van der Waals surface area contributed by atoms with E-state index < -0.39 is 5.82 Å². The molecule has 0 bridgehead atoms.